The summed E-state index contributed by atoms with van der Waals surface area (Å²) in [4.78, 5) is 11.3. The first-order chi connectivity index (χ1) is 7.95. The molecule has 0 fully saturated rings. The third kappa shape index (κ3) is 2.81. The maximum absolute atomic E-state index is 13.5. The number of hydrogen-bond donors (Lipinski definition) is 1. The van der Waals surface area contributed by atoms with Crippen LogP contribution in [0.15, 0.2) is 18.2 Å². The van der Waals surface area contributed by atoms with Gasteiger partial charge in [-0.25, -0.2) is 8.78 Å². The number of aliphatic carboxylic acids is 1. The highest BCUT2D eigenvalue weighted by Gasteiger charge is 2.35. The highest BCUT2D eigenvalue weighted by molar-refractivity contribution is 5.75. The van der Waals surface area contributed by atoms with Gasteiger partial charge in [0.1, 0.15) is 11.6 Å². The molecular weight excluding hydrogens is 226 g/mol. The van der Waals surface area contributed by atoms with E-state index in [-0.39, 0.29) is 12.0 Å². The van der Waals surface area contributed by atoms with Gasteiger partial charge in [0.25, 0.3) is 0 Å². The van der Waals surface area contributed by atoms with Gasteiger partial charge in [0.2, 0.25) is 0 Å². The minimum absolute atomic E-state index is 0.0848. The Bertz CT molecular complexity index is 412. The van der Waals surface area contributed by atoms with Crippen molar-refractivity contribution in [1.82, 2.24) is 0 Å². The van der Waals surface area contributed by atoms with Crippen LogP contribution in [0.3, 0.4) is 0 Å². The molecule has 0 unspecified atom stereocenters. The molecule has 0 bridgehead atoms. The van der Waals surface area contributed by atoms with Gasteiger partial charge in [0, 0.05) is 6.07 Å². The summed E-state index contributed by atoms with van der Waals surface area (Å²) in [6, 6.07) is 3.25. The molecule has 94 valence electrons. The maximum Gasteiger partial charge on any atom is 0.309 e. The minimum Gasteiger partial charge on any atom is -0.481 e. The standard InChI is InChI=1S/C13H16F2O2/c1-3-13(4-2,12(16)17)8-9-5-6-10(14)7-11(9)15/h5-7H,3-4,8H2,1-2H3,(H,16,17). The molecule has 0 aliphatic rings. The summed E-state index contributed by atoms with van der Waals surface area (Å²) in [5, 5.41) is 9.23. The molecule has 4 heteroatoms. The van der Waals surface area contributed by atoms with Gasteiger partial charge in [-0.05, 0) is 30.9 Å². The second-order valence-corrected chi connectivity index (χ2v) is 4.21. The fourth-order valence-electron chi connectivity index (χ4n) is 1.91. The summed E-state index contributed by atoms with van der Waals surface area (Å²) in [7, 11) is 0. The molecule has 0 saturated heterocycles. The minimum atomic E-state index is -0.974. The number of carbonyl (C=O) groups is 1. The zero-order valence-corrected chi connectivity index (χ0v) is 9.96. The van der Waals surface area contributed by atoms with Crippen molar-refractivity contribution in [3.8, 4) is 0 Å². The van der Waals surface area contributed by atoms with Crippen LogP contribution in [0.2, 0.25) is 0 Å². The number of hydrogen-bond acceptors (Lipinski definition) is 1. The molecule has 1 aromatic rings. The van der Waals surface area contributed by atoms with Crippen molar-refractivity contribution in [2.24, 2.45) is 5.41 Å². The van der Waals surface area contributed by atoms with Crippen molar-refractivity contribution in [1.29, 1.82) is 0 Å². The summed E-state index contributed by atoms with van der Waals surface area (Å²) < 4.78 is 26.2. The molecule has 0 spiro atoms. The molecule has 0 heterocycles. The largest absolute Gasteiger partial charge is 0.481 e. The lowest BCUT2D eigenvalue weighted by atomic mass is 9.77. The Hall–Kier alpha value is -1.45. The number of benzene rings is 1. The highest BCUT2D eigenvalue weighted by Crippen LogP contribution is 2.32. The van der Waals surface area contributed by atoms with Crippen molar-refractivity contribution in [3.63, 3.8) is 0 Å². The van der Waals surface area contributed by atoms with Crippen LogP contribution in [0.1, 0.15) is 32.3 Å². The number of carboxylic acids is 1. The molecule has 0 aliphatic heterocycles. The van der Waals surface area contributed by atoms with Crippen molar-refractivity contribution < 1.29 is 18.7 Å². The van der Waals surface area contributed by atoms with Gasteiger partial charge in [-0.15, -0.1) is 0 Å². The quantitative estimate of drug-likeness (QED) is 0.859. The predicted molar refractivity (Wildman–Crippen MR) is 60.7 cm³/mol. The first-order valence-electron chi connectivity index (χ1n) is 5.62. The molecule has 0 aliphatic carbocycles. The fourth-order valence-corrected chi connectivity index (χ4v) is 1.91. The Morgan fingerprint density at radius 3 is 2.29 bits per heavy atom. The summed E-state index contributed by atoms with van der Waals surface area (Å²) in [5.74, 6) is -2.27. The molecule has 0 radical (unpaired) electrons. The van der Waals surface area contributed by atoms with Crippen molar-refractivity contribution in [3.05, 3.63) is 35.4 Å². The molecule has 0 saturated carbocycles. The van der Waals surface area contributed by atoms with E-state index in [2.05, 4.69) is 0 Å². The molecule has 1 aromatic carbocycles. The van der Waals surface area contributed by atoms with Crippen LogP contribution in [0, 0.1) is 17.0 Å². The lowest BCUT2D eigenvalue weighted by Crippen LogP contribution is -2.32. The van der Waals surface area contributed by atoms with Crippen LogP contribution in [0.5, 0.6) is 0 Å². The lowest BCUT2D eigenvalue weighted by molar-refractivity contribution is -0.149. The number of rotatable bonds is 5. The smallest absolute Gasteiger partial charge is 0.309 e. The van der Waals surface area contributed by atoms with E-state index < -0.39 is 23.0 Å². The zero-order valence-electron chi connectivity index (χ0n) is 9.96. The van der Waals surface area contributed by atoms with E-state index in [0.29, 0.717) is 12.8 Å². The Balaban J connectivity index is 3.05. The van der Waals surface area contributed by atoms with Gasteiger partial charge in [-0.2, -0.15) is 0 Å². The van der Waals surface area contributed by atoms with E-state index in [4.69, 9.17) is 0 Å². The SMILES string of the molecule is CCC(CC)(Cc1ccc(F)cc1F)C(=O)O. The predicted octanol–water partition coefficient (Wildman–Crippen LogP) is 3.40. The van der Waals surface area contributed by atoms with Gasteiger partial charge in [-0.1, -0.05) is 19.9 Å². The van der Waals surface area contributed by atoms with E-state index in [1.165, 1.54) is 6.07 Å². The highest BCUT2D eigenvalue weighted by atomic mass is 19.1. The van der Waals surface area contributed by atoms with Crippen molar-refractivity contribution in [2.45, 2.75) is 33.1 Å². The Morgan fingerprint density at radius 2 is 1.88 bits per heavy atom. The number of carboxylic acid groups (broad SMARTS) is 1. The third-order valence-corrected chi connectivity index (χ3v) is 3.35. The van der Waals surface area contributed by atoms with Crippen molar-refractivity contribution in [2.75, 3.05) is 0 Å². The van der Waals surface area contributed by atoms with E-state index in [1.54, 1.807) is 13.8 Å². The normalized spacial score (nSPS) is 11.5. The Kier molecular flexibility index (Phi) is 4.21. The molecule has 0 amide bonds. The summed E-state index contributed by atoms with van der Waals surface area (Å²) >= 11 is 0. The zero-order chi connectivity index (χ0) is 13.1. The second-order valence-electron chi connectivity index (χ2n) is 4.21. The maximum atomic E-state index is 13.5. The molecule has 17 heavy (non-hydrogen) atoms. The van der Waals surface area contributed by atoms with Crippen LogP contribution < -0.4 is 0 Å². The van der Waals surface area contributed by atoms with E-state index in [1.807, 2.05) is 0 Å². The van der Waals surface area contributed by atoms with Gasteiger partial charge in [0.15, 0.2) is 0 Å². The third-order valence-electron chi connectivity index (χ3n) is 3.35. The molecule has 0 aromatic heterocycles. The molecule has 0 atom stereocenters. The van der Waals surface area contributed by atoms with E-state index >= 15 is 0 Å². The summed E-state index contributed by atoms with van der Waals surface area (Å²) in [6.07, 6.45) is 0.909. The van der Waals surface area contributed by atoms with Crippen LogP contribution in [0.25, 0.3) is 0 Å². The monoisotopic (exact) mass is 242 g/mol. The van der Waals surface area contributed by atoms with Crippen LogP contribution in [-0.2, 0) is 11.2 Å². The Morgan fingerprint density at radius 1 is 1.29 bits per heavy atom. The number of halogens is 2. The van der Waals surface area contributed by atoms with Gasteiger partial charge in [0.05, 0.1) is 5.41 Å². The summed E-state index contributed by atoms with van der Waals surface area (Å²) in [5.41, 5.74) is -0.726. The Labute approximate surface area is 99.3 Å². The second kappa shape index (κ2) is 5.25. The lowest BCUT2D eigenvalue weighted by Gasteiger charge is -2.26. The molecule has 2 nitrogen and oxygen atoms in total. The van der Waals surface area contributed by atoms with Gasteiger partial charge < -0.3 is 5.11 Å². The average Bonchev–Trinajstić information content (AvgIpc) is 2.28. The van der Waals surface area contributed by atoms with Crippen molar-refractivity contribution >= 4 is 5.97 Å². The topological polar surface area (TPSA) is 37.3 Å². The van der Waals surface area contributed by atoms with Gasteiger partial charge in [-0.3, -0.25) is 4.79 Å². The molecule has 1 N–H and O–H groups in total. The molecule has 1 rings (SSSR count). The van der Waals surface area contributed by atoms with E-state index in [9.17, 15) is 18.7 Å². The van der Waals surface area contributed by atoms with E-state index in [0.717, 1.165) is 12.1 Å². The summed E-state index contributed by atoms with van der Waals surface area (Å²) in [6.45, 7) is 3.53. The molecular formula is C13H16F2O2. The first kappa shape index (κ1) is 13.6. The van der Waals surface area contributed by atoms with Crippen LogP contribution in [-0.4, -0.2) is 11.1 Å². The fraction of sp³-hybridized carbons (Fsp3) is 0.462. The van der Waals surface area contributed by atoms with Crippen LogP contribution in [0.4, 0.5) is 8.78 Å². The average molecular weight is 242 g/mol. The van der Waals surface area contributed by atoms with Crippen LogP contribution >= 0.6 is 0 Å². The first-order valence-corrected chi connectivity index (χ1v) is 5.62. The van der Waals surface area contributed by atoms with Gasteiger partial charge >= 0.3 is 5.97 Å².